The third kappa shape index (κ3) is 4.73. The maximum atomic E-state index is 12.0. The van der Waals surface area contributed by atoms with Gasteiger partial charge in [-0.3, -0.25) is 4.79 Å². The van der Waals surface area contributed by atoms with E-state index >= 15 is 0 Å². The van der Waals surface area contributed by atoms with E-state index in [9.17, 15) is 14.7 Å². The summed E-state index contributed by atoms with van der Waals surface area (Å²) in [7, 11) is 0. The molecule has 0 saturated carbocycles. The van der Waals surface area contributed by atoms with Crippen LogP contribution in [-0.2, 0) is 17.6 Å². The molecule has 1 aromatic heterocycles. The number of carbonyl (C=O) groups is 2. The fourth-order valence-electron chi connectivity index (χ4n) is 2.74. The number of furan rings is 1. The average molecular weight is 376 g/mol. The molecule has 2 aromatic carbocycles. The van der Waals surface area contributed by atoms with Gasteiger partial charge in [0.2, 0.25) is 5.91 Å². The van der Waals surface area contributed by atoms with Crippen molar-refractivity contribution in [3.8, 4) is 11.3 Å². The average Bonchev–Trinajstić information content (AvgIpc) is 3.17. The Balaban J connectivity index is 1.61. The van der Waals surface area contributed by atoms with Crippen molar-refractivity contribution in [1.82, 2.24) is 5.43 Å². The first kappa shape index (κ1) is 19.1. The Labute approximate surface area is 162 Å². The number of hydrogen-bond acceptors (Lipinski definition) is 4. The topological polar surface area (TPSA) is 91.9 Å². The monoisotopic (exact) mass is 376 g/mol. The van der Waals surface area contributed by atoms with Gasteiger partial charge in [-0.1, -0.05) is 49.4 Å². The lowest BCUT2D eigenvalue weighted by molar-refractivity contribution is -0.120. The van der Waals surface area contributed by atoms with Gasteiger partial charge in [-0.15, -0.1) is 0 Å². The van der Waals surface area contributed by atoms with Gasteiger partial charge in [0, 0.05) is 5.56 Å². The van der Waals surface area contributed by atoms with Crippen LogP contribution in [0.4, 0.5) is 0 Å². The molecule has 0 spiro atoms. The fourth-order valence-corrected chi connectivity index (χ4v) is 2.74. The zero-order valence-corrected chi connectivity index (χ0v) is 15.4. The minimum absolute atomic E-state index is 0.155. The molecule has 28 heavy (non-hydrogen) atoms. The van der Waals surface area contributed by atoms with Gasteiger partial charge in [-0.25, -0.2) is 10.2 Å². The number of benzene rings is 2. The summed E-state index contributed by atoms with van der Waals surface area (Å²) in [4.78, 5) is 23.3. The van der Waals surface area contributed by atoms with Gasteiger partial charge in [0.1, 0.15) is 11.5 Å². The van der Waals surface area contributed by atoms with Crippen LogP contribution in [0.15, 0.2) is 70.2 Å². The predicted molar refractivity (Wildman–Crippen MR) is 106 cm³/mol. The molecule has 0 bridgehead atoms. The molecule has 0 radical (unpaired) electrons. The fraction of sp³-hybridized carbons (Fsp3) is 0.136. The number of aromatic carboxylic acids is 1. The number of carboxylic acid groups (broad SMARTS) is 1. The minimum Gasteiger partial charge on any atom is -0.478 e. The van der Waals surface area contributed by atoms with Crippen molar-refractivity contribution in [2.45, 2.75) is 19.8 Å². The van der Waals surface area contributed by atoms with E-state index in [1.807, 2.05) is 24.3 Å². The number of aryl methyl sites for hydroxylation is 1. The van der Waals surface area contributed by atoms with E-state index in [1.165, 1.54) is 17.8 Å². The van der Waals surface area contributed by atoms with E-state index < -0.39 is 5.97 Å². The number of carbonyl (C=O) groups excluding carboxylic acids is 1. The van der Waals surface area contributed by atoms with Gasteiger partial charge in [-0.2, -0.15) is 5.10 Å². The van der Waals surface area contributed by atoms with Crippen LogP contribution < -0.4 is 5.43 Å². The second-order valence-electron chi connectivity index (χ2n) is 6.19. The lowest BCUT2D eigenvalue weighted by Gasteiger charge is -2.02. The number of rotatable bonds is 7. The molecule has 0 unspecified atom stereocenters. The largest absolute Gasteiger partial charge is 0.478 e. The minimum atomic E-state index is -1.03. The first-order chi connectivity index (χ1) is 13.6. The first-order valence-corrected chi connectivity index (χ1v) is 8.89. The van der Waals surface area contributed by atoms with E-state index in [1.54, 1.807) is 30.3 Å². The molecule has 0 atom stereocenters. The number of carboxylic acids is 1. The lowest BCUT2D eigenvalue weighted by Crippen LogP contribution is -2.19. The number of nitrogens with one attached hydrogen (secondary N) is 1. The summed E-state index contributed by atoms with van der Waals surface area (Å²) >= 11 is 0. The molecule has 1 amide bonds. The van der Waals surface area contributed by atoms with Gasteiger partial charge in [0.15, 0.2) is 0 Å². The van der Waals surface area contributed by atoms with Crippen LogP contribution in [0.2, 0.25) is 0 Å². The molecule has 2 N–H and O–H groups in total. The second-order valence-corrected chi connectivity index (χ2v) is 6.19. The van der Waals surface area contributed by atoms with E-state index in [0.29, 0.717) is 17.1 Å². The zero-order valence-electron chi connectivity index (χ0n) is 15.4. The molecule has 142 valence electrons. The maximum absolute atomic E-state index is 12.0. The Hall–Kier alpha value is -3.67. The molecular weight excluding hydrogens is 356 g/mol. The highest BCUT2D eigenvalue weighted by Gasteiger charge is 2.13. The van der Waals surface area contributed by atoms with Crippen LogP contribution in [0.1, 0.15) is 34.2 Å². The first-order valence-electron chi connectivity index (χ1n) is 8.89. The highest BCUT2D eigenvalue weighted by atomic mass is 16.4. The van der Waals surface area contributed by atoms with Gasteiger partial charge in [0.25, 0.3) is 0 Å². The van der Waals surface area contributed by atoms with E-state index in [4.69, 9.17) is 4.42 Å². The van der Waals surface area contributed by atoms with Crippen LogP contribution in [0.5, 0.6) is 0 Å². The summed E-state index contributed by atoms with van der Waals surface area (Å²) in [5.41, 5.74) is 5.23. The van der Waals surface area contributed by atoms with Gasteiger partial charge in [0.05, 0.1) is 18.2 Å². The van der Waals surface area contributed by atoms with Crippen LogP contribution >= 0.6 is 0 Å². The number of hydrazone groups is 1. The summed E-state index contributed by atoms with van der Waals surface area (Å²) in [5, 5.41) is 13.2. The molecule has 1 heterocycles. The molecular formula is C22H20N2O4. The number of nitrogens with zero attached hydrogens (tertiary/aromatic N) is 1. The highest BCUT2D eigenvalue weighted by molar-refractivity contribution is 5.95. The molecule has 6 nitrogen and oxygen atoms in total. The van der Waals surface area contributed by atoms with E-state index in [0.717, 1.165) is 12.0 Å². The smallest absolute Gasteiger partial charge is 0.336 e. The quantitative estimate of drug-likeness (QED) is 0.483. The Bertz CT molecular complexity index is 1000. The predicted octanol–water partition coefficient (Wildman–Crippen LogP) is 3.90. The molecule has 0 aliphatic heterocycles. The van der Waals surface area contributed by atoms with Crippen molar-refractivity contribution in [2.24, 2.45) is 5.10 Å². The van der Waals surface area contributed by atoms with Crippen molar-refractivity contribution in [3.63, 3.8) is 0 Å². The van der Waals surface area contributed by atoms with Crippen LogP contribution in [0.25, 0.3) is 11.3 Å². The Kier molecular flexibility index (Phi) is 6.01. The van der Waals surface area contributed by atoms with Crippen LogP contribution in [0, 0.1) is 0 Å². The van der Waals surface area contributed by atoms with Gasteiger partial charge < -0.3 is 9.52 Å². The summed E-state index contributed by atoms with van der Waals surface area (Å²) in [6, 6.07) is 17.8. The Morgan fingerprint density at radius 3 is 2.46 bits per heavy atom. The second kappa shape index (κ2) is 8.81. The Morgan fingerprint density at radius 1 is 1.04 bits per heavy atom. The van der Waals surface area contributed by atoms with Gasteiger partial charge in [-0.05, 0) is 35.7 Å². The summed E-state index contributed by atoms with van der Waals surface area (Å²) in [6.07, 6.45) is 2.57. The number of hydrogen-bond donors (Lipinski definition) is 2. The molecule has 6 heteroatoms. The molecule has 0 saturated heterocycles. The zero-order chi connectivity index (χ0) is 19.9. The third-order valence-electron chi connectivity index (χ3n) is 4.23. The van der Waals surface area contributed by atoms with E-state index in [-0.39, 0.29) is 17.9 Å². The van der Waals surface area contributed by atoms with Crippen LogP contribution in [0.3, 0.4) is 0 Å². The standard InChI is InChI=1S/C22H20N2O4/c1-2-15-7-9-16(10-8-15)13-21(25)24-23-14-17-11-12-20(28-17)18-5-3-4-6-19(18)22(26)27/h3-12,14H,2,13H2,1H3,(H,24,25)(H,26,27)/b23-14-. The summed E-state index contributed by atoms with van der Waals surface area (Å²) in [6.45, 7) is 2.08. The van der Waals surface area contributed by atoms with Crippen molar-refractivity contribution < 1.29 is 19.1 Å². The van der Waals surface area contributed by atoms with Gasteiger partial charge >= 0.3 is 5.97 Å². The van der Waals surface area contributed by atoms with Crippen molar-refractivity contribution in [1.29, 1.82) is 0 Å². The number of amides is 1. The molecule has 0 aliphatic rings. The summed E-state index contributed by atoms with van der Waals surface area (Å²) < 4.78 is 5.62. The Morgan fingerprint density at radius 2 is 1.75 bits per heavy atom. The van der Waals surface area contributed by atoms with Crippen molar-refractivity contribution in [3.05, 3.63) is 83.1 Å². The van der Waals surface area contributed by atoms with E-state index in [2.05, 4.69) is 17.5 Å². The highest BCUT2D eigenvalue weighted by Crippen LogP contribution is 2.25. The van der Waals surface area contributed by atoms with Crippen molar-refractivity contribution >= 4 is 18.1 Å². The van der Waals surface area contributed by atoms with Crippen LogP contribution in [-0.4, -0.2) is 23.2 Å². The maximum Gasteiger partial charge on any atom is 0.336 e. The molecule has 0 fully saturated rings. The lowest BCUT2D eigenvalue weighted by atomic mass is 10.1. The van der Waals surface area contributed by atoms with Crippen molar-refractivity contribution in [2.75, 3.05) is 0 Å². The normalized spacial score (nSPS) is 10.9. The molecule has 3 aromatic rings. The summed E-state index contributed by atoms with van der Waals surface area (Å²) in [5.74, 6) is -0.436. The SMILES string of the molecule is CCc1ccc(CC(=O)N/N=C\c2ccc(-c3ccccc3C(=O)O)o2)cc1. The molecule has 0 aliphatic carbocycles. The molecule has 3 rings (SSSR count). The third-order valence-corrected chi connectivity index (χ3v) is 4.23.